The average molecular weight is 456 g/mol. The highest BCUT2D eigenvalue weighted by atomic mass is 16.1. The molecule has 5 nitrogen and oxygen atoms in total. The second kappa shape index (κ2) is 20.1. The number of anilines is 1. The summed E-state index contributed by atoms with van der Waals surface area (Å²) in [6, 6.07) is 9.11. The van der Waals surface area contributed by atoms with Crippen LogP contribution in [0.15, 0.2) is 54.2 Å². The molecule has 2 rings (SSSR count). The molecular weight excluding hydrogens is 410 g/mol. The van der Waals surface area contributed by atoms with Crippen LogP contribution < -0.4 is 5.32 Å². The molecule has 0 amide bonds. The number of hydrogen-bond donors (Lipinski definition) is 1. The minimum atomic E-state index is 0.289. The van der Waals surface area contributed by atoms with Crippen LogP contribution >= 0.6 is 0 Å². The van der Waals surface area contributed by atoms with Crippen molar-refractivity contribution in [2.75, 3.05) is 25.0 Å². The van der Waals surface area contributed by atoms with Gasteiger partial charge in [-0.05, 0) is 83.3 Å². The molecule has 1 aliphatic rings. The zero-order valence-corrected chi connectivity index (χ0v) is 21.5. The molecule has 1 heterocycles. The Labute approximate surface area is 202 Å². The number of carbonyl (C=O) groups is 2. The molecule has 0 aromatic heterocycles. The summed E-state index contributed by atoms with van der Waals surface area (Å²) in [6.45, 7) is 16.1. The number of carbonyl (C=O) groups excluding carboxylic acids is 2. The van der Waals surface area contributed by atoms with Gasteiger partial charge in [0.05, 0.1) is 6.54 Å². The molecule has 1 aliphatic heterocycles. The molecular formula is C28H45N3O2. The van der Waals surface area contributed by atoms with Crippen LogP contribution in [0, 0.1) is 0 Å². The monoisotopic (exact) mass is 455 g/mol. The number of ketones is 1. The number of nitrogens with one attached hydrogen (secondary N) is 1. The molecule has 5 heteroatoms. The number of Topliss-reactive ketones (excluding diaryl/α,β-unsaturated/α-hetero) is 1. The highest BCUT2D eigenvalue weighted by molar-refractivity contribution is 5.99. The van der Waals surface area contributed by atoms with Crippen molar-refractivity contribution >= 4 is 23.5 Å². The van der Waals surface area contributed by atoms with Gasteiger partial charge in [-0.1, -0.05) is 51.5 Å². The van der Waals surface area contributed by atoms with Crippen molar-refractivity contribution in [1.29, 1.82) is 0 Å². The predicted octanol–water partition coefficient (Wildman–Crippen LogP) is 6.45. The van der Waals surface area contributed by atoms with Crippen LogP contribution in [0.3, 0.4) is 0 Å². The Hall–Kier alpha value is -2.53. The summed E-state index contributed by atoms with van der Waals surface area (Å²) in [7, 11) is 0. The van der Waals surface area contributed by atoms with Gasteiger partial charge in [0, 0.05) is 23.6 Å². The van der Waals surface area contributed by atoms with Crippen molar-refractivity contribution in [2.24, 2.45) is 4.99 Å². The topological polar surface area (TPSA) is 61.8 Å². The van der Waals surface area contributed by atoms with Crippen LogP contribution in [0.4, 0.5) is 5.69 Å². The van der Waals surface area contributed by atoms with Crippen LogP contribution in [0.2, 0.25) is 0 Å². The summed E-state index contributed by atoms with van der Waals surface area (Å²) in [4.78, 5) is 26.0. The number of likely N-dealkylation sites (tertiary alicyclic amines) is 1. The molecule has 33 heavy (non-hydrogen) atoms. The van der Waals surface area contributed by atoms with E-state index in [1.807, 2.05) is 13.0 Å². The molecule has 0 radical (unpaired) electrons. The fourth-order valence-electron chi connectivity index (χ4n) is 3.57. The van der Waals surface area contributed by atoms with E-state index in [2.05, 4.69) is 59.9 Å². The fourth-order valence-corrected chi connectivity index (χ4v) is 3.57. The minimum Gasteiger partial charge on any atom is -0.382 e. The SMILES string of the molecule is C=C/C=C\N=C(C)c1ccc(NC(CCC)CCC)cc1.CC(=O)CN1CCCC1.CC=O. The second-order valence-electron chi connectivity index (χ2n) is 8.21. The third-order valence-corrected chi connectivity index (χ3v) is 5.08. The molecule has 0 spiro atoms. The van der Waals surface area contributed by atoms with Gasteiger partial charge in [-0.2, -0.15) is 0 Å². The Morgan fingerprint density at radius 3 is 2.12 bits per heavy atom. The van der Waals surface area contributed by atoms with Crippen molar-refractivity contribution in [1.82, 2.24) is 4.90 Å². The van der Waals surface area contributed by atoms with Gasteiger partial charge in [-0.15, -0.1) is 0 Å². The van der Waals surface area contributed by atoms with E-state index >= 15 is 0 Å². The normalized spacial score (nSPS) is 13.7. The van der Waals surface area contributed by atoms with E-state index in [0.29, 0.717) is 12.6 Å². The summed E-state index contributed by atoms with van der Waals surface area (Å²) in [5.41, 5.74) is 3.36. The van der Waals surface area contributed by atoms with Crippen LogP contribution in [-0.2, 0) is 9.59 Å². The number of rotatable bonds is 11. The van der Waals surface area contributed by atoms with Gasteiger partial charge >= 0.3 is 0 Å². The molecule has 1 saturated heterocycles. The van der Waals surface area contributed by atoms with Gasteiger partial charge in [0.15, 0.2) is 0 Å². The van der Waals surface area contributed by atoms with Crippen LogP contribution in [0.5, 0.6) is 0 Å². The van der Waals surface area contributed by atoms with Crippen LogP contribution in [0.25, 0.3) is 0 Å². The maximum atomic E-state index is 10.6. The van der Waals surface area contributed by atoms with E-state index in [0.717, 1.165) is 30.7 Å². The van der Waals surface area contributed by atoms with Crippen molar-refractivity contribution in [2.45, 2.75) is 79.2 Å². The molecule has 0 atom stereocenters. The lowest BCUT2D eigenvalue weighted by atomic mass is 10.1. The van der Waals surface area contributed by atoms with E-state index in [-0.39, 0.29) is 5.78 Å². The number of aldehydes is 1. The number of benzene rings is 1. The molecule has 0 bridgehead atoms. The Bertz CT molecular complexity index is 711. The maximum absolute atomic E-state index is 10.6. The van der Waals surface area contributed by atoms with Crippen molar-refractivity contribution in [3.05, 3.63) is 54.8 Å². The standard InChI is InChI=1S/C19H28N2.C7H13NO.C2H4O/c1-5-8-15-20-16(4)17-11-13-19(14-12-17)21-18(9-6-2)10-7-3;1-7(9)6-8-4-2-3-5-8;1-2-3/h5,8,11-15,18,21H,1,6-7,9-10H2,2-4H3;2-6H2,1H3;2H,1H3/b15-8-,20-16?;;. The summed E-state index contributed by atoms with van der Waals surface area (Å²) < 4.78 is 0. The van der Waals surface area contributed by atoms with E-state index in [1.165, 1.54) is 51.1 Å². The number of hydrogen-bond acceptors (Lipinski definition) is 5. The lowest BCUT2D eigenvalue weighted by molar-refractivity contribution is -0.117. The quantitative estimate of drug-likeness (QED) is 0.236. The molecule has 0 aliphatic carbocycles. The first kappa shape index (κ1) is 30.5. The van der Waals surface area contributed by atoms with Crippen LogP contribution in [-0.4, -0.2) is 48.4 Å². The van der Waals surface area contributed by atoms with Crippen molar-refractivity contribution < 1.29 is 9.59 Å². The third kappa shape index (κ3) is 15.8. The third-order valence-electron chi connectivity index (χ3n) is 5.08. The minimum absolute atomic E-state index is 0.289. The first-order valence-electron chi connectivity index (χ1n) is 12.2. The van der Waals surface area contributed by atoms with E-state index < -0.39 is 0 Å². The lowest BCUT2D eigenvalue weighted by Gasteiger charge is -2.18. The Morgan fingerprint density at radius 1 is 1.12 bits per heavy atom. The van der Waals surface area contributed by atoms with Gasteiger partial charge in [0.25, 0.3) is 0 Å². The Balaban J connectivity index is 0.000000701. The van der Waals surface area contributed by atoms with E-state index in [1.54, 1.807) is 19.2 Å². The summed E-state index contributed by atoms with van der Waals surface area (Å²) in [6.07, 6.45) is 13.5. The average Bonchev–Trinajstić information content (AvgIpc) is 3.28. The van der Waals surface area contributed by atoms with Gasteiger partial charge in [-0.3, -0.25) is 14.7 Å². The van der Waals surface area contributed by atoms with Gasteiger partial charge in [0.2, 0.25) is 0 Å². The summed E-state index contributed by atoms with van der Waals surface area (Å²) >= 11 is 0. The van der Waals surface area contributed by atoms with Gasteiger partial charge in [-0.25, -0.2) is 0 Å². The molecule has 0 saturated carbocycles. The zero-order chi connectivity index (χ0) is 24.9. The number of nitrogens with zero attached hydrogens (tertiary/aromatic N) is 2. The van der Waals surface area contributed by atoms with Crippen molar-refractivity contribution in [3.8, 4) is 0 Å². The first-order valence-corrected chi connectivity index (χ1v) is 12.2. The highest BCUT2D eigenvalue weighted by Crippen LogP contribution is 2.16. The first-order chi connectivity index (χ1) is 15.9. The van der Waals surface area contributed by atoms with Crippen molar-refractivity contribution in [3.63, 3.8) is 0 Å². The molecule has 1 N–H and O–H groups in total. The van der Waals surface area contributed by atoms with Crippen LogP contribution in [0.1, 0.15) is 78.7 Å². The zero-order valence-electron chi connectivity index (χ0n) is 21.5. The summed E-state index contributed by atoms with van der Waals surface area (Å²) in [5, 5.41) is 3.63. The lowest BCUT2D eigenvalue weighted by Crippen LogP contribution is -2.24. The maximum Gasteiger partial charge on any atom is 0.143 e. The number of aliphatic imine (C=N–C) groups is 1. The Morgan fingerprint density at radius 2 is 1.67 bits per heavy atom. The number of allylic oxidation sites excluding steroid dienone is 2. The fraction of sp³-hybridized carbons (Fsp3) is 0.536. The van der Waals surface area contributed by atoms with Gasteiger partial charge < -0.3 is 10.1 Å². The largest absolute Gasteiger partial charge is 0.382 e. The second-order valence-corrected chi connectivity index (χ2v) is 8.21. The predicted molar refractivity (Wildman–Crippen MR) is 143 cm³/mol. The molecule has 1 fully saturated rings. The van der Waals surface area contributed by atoms with E-state index in [4.69, 9.17) is 4.79 Å². The van der Waals surface area contributed by atoms with Gasteiger partial charge in [0.1, 0.15) is 12.1 Å². The molecule has 0 unspecified atom stereocenters. The highest BCUT2D eigenvalue weighted by Gasteiger charge is 2.11. The molecule has 1 aromatic carbocycles. The molecule has 184 valence electrons. The van der Waals surface area contributed by atoms with E-state index in [9.17, 15) is 4.79 Å². The smallest absolute Gasteiger partial charge is 0.143 e. The Kier molecular flexibility index (Phi) is 18.6. The molecule has 1 aromatic rings. The summed E-state index contributed by atoms with van der Waals surface area (Å²) in [5.74, 6) is 0.289.